The highest BCUT2D eigenvalue weighted by molar-refractivity contribution is 6.05. The van der Waals surface area contributed by atoms with Gasteiger partial charge >= 0.3 is 18.0 Å². The number of carbonyl (C=O) groups is 3. The summed E-state index contributed by atoms with van der Waals surface area (Å²) in [5.74, 6) is -0.586. The first kappa shape index (κ1) is 27.7. The van der Waals surface area contributed by atoms with Gasteiger partial charge in [-0.3, -0.25) is 4.79 Å². The molecule has 0 atom stereocenters. The van der Waals surface area contributed by atoms with E-state index < -0.39 is 11.9 Å². The third-order valence-electron chi connectivity index (χ3n) is 6.38. The van der Waals surface area contributed by atoms with Gasteiger partial charge in [0.15, 0.2) is 0 Å². The van der Waals surface area contributed by atoms with E-state index in [0.29, 0.717) is 30.7 Å². The summed E-state index contributed by atoms with van der Waals surface area (Å²) in [5.41, 5.74) is 5.87. The van der Waals surface area contributed by atoms with Crippen molar-refractivity contribution in [3.8, 4) is 5.75 Å². The number of amides is 2. The van der Waals surface area contributed by atoms with Crippen molar-refractivity contribution >= 4 is 23.7 Å². The van der Waals surface area contributed by atoms with Gasteiger partial charge in [-0.05, 0) is 61.1 Å². The van der Waals surface area contributed by atoms with Gasteiger partial charge in [0.2, 0.25) is 0 Å². The molecule has 1 aliphatic rings. The summed E-state index contributed by atoms with van der Waals surface area (Å²) < 4.78 is 16.6. The van der Waals surface area contributed by atoms with E-state index in [-0.39, 0.29) is 25.7 Å². The lowest BCUT2D eigenvalue weighted by Crippen LogP contribution is -2.29. The number of methoxy groups -OCH3 is 1. The van der Waals surface area contributed by atoms with Crippen molar-refractivity contribution in [3.63, 3.8) is 0 Å². The summed E-state index contributed by atoms with van der Waals surface area (Å²) in [7, 11) is 4.86. The van der Waals surface area contributed by atoms with Crippen LogP contribution in [0.1, 0.15) is 57.9 Å². The number of fused-ring (bicyclic) bond motifs is 1. The SMILES string of the molecule is COc1ccc(COCc2c(C)c3c(c(NC(=O)N(C)C)c2C/C=C(\C)CCC(=O)O)C(=O)OC3)cc1. The fourth-order valence-corrected chi connectivity index (χ4v) is 4.12. The van der Waals surface area contributed by atoms with Gasteiger partial charge in [-0.25, -0.2) is 9.59 Å². The molecule has 2 N–H and O–H groups in total. The fourth-order valence-electron chi connectivity index (χ4n) is 4.12. The maximum Gasteiger partial charge on any atom is 0.341 e. The topological polar surface area (TPSA) is 114 Å². The molecule has 2 amide bonds. The molecule has 2 aromatic rings. The van der Waals surface area contributed by atoms with E-state index in [1.165, 1.54) is 4.90 Å². The molecule has 0 saturated carbocycles. The number of carboxylic acids is 1. The standard InChI is InChI=1S/C28H34N2O7/c1-17(7-13-24(31)32)6-12-21-22(15-36-14-19-8-10-20(35-5)11-9-19)18(2)23-16-37-27(33)25(23)26(21)29-28(34)30(3)4/h6,8-11H,7,12-16H2,1-5H3,(H,29,34)(H,31,32)/b17-6+. The number of cyclic esters (lactones) is 1. The first-order valence-corrected chi connectivity index (χ1v) is 12.0. The number of ether oxygens (including phenoxy) is 3. The maximum absolute atomic E-state index is 12.7. The lowest BCUT2D eigenvalue weighted by Gasteiger charge is -2.22. The monoisotopic (exact) mass is 510 g/mol. The van der Waals surface area contributed by atoms with Crippen molar-refractivity contribution in [2.24, 2.45) is 0 Å². The van der Waals surface area contributed by atoms with E-state index in [9.17, 15) is 14.4 Å². The van der Waals surface area contributed by atoms with Crippen LogP contribution in [0.4, 0.5) is 10.5 Å². The van der Waals surface area contributed by atoms with Crippen LogP contribution in [0.15, 0.2) is 35.9 Å². The molecule has 1 aliphatic heterocycles. The molecule has 9 heteroatoms. The van der Waals surface area contributed by atoms with E-state index in [1.54, 1.807) is 21.2 Å². The molecule has 0 aliphatic carbocycles. The Morgan fingerprint density at radius 2 is 1.84 bits per heavy atom. The van der Waals surface area contributed by atoms with Gasteiger partial charge in [-0.15, -0.1) is 0 Å². The molecular formula is C28H34N2O7. The second-order valence-corrected chi connectivity index (χ2v) is 9.20. The van der Waals surface area contributed by atoms with Crippen molar-refractivity contribution in [3.05, 3.63) is 69.3 Å². The highest BCUT2D eigenvalue weighted by Crippen LogP contribution is 2.38. The fraction of sp³-hybridized carbons (Fsp3) is 0.393. The van der Waals surface area contributed by atoms with Crippen molar-refractivity contribution in [2.45, 2.75) is 52.9 Å². The molecule has 37 heavy (non-hydrogen) atoms. The number of hydrogen-bond acceptors (Lipinski definition) is 6. The molecule has 0 bridgehead atoms. The predicted molar refractivity (Wildman–Crippen MR) is 139 cm³/mol. The quantitative estimate of drug-likeness (QED) is 0.328. The lowest BCUT2D eigenvalue weighted by atomic mass is 9.89. The van der Waals surface area contributed by atoms with Crippen LogP contribution in [0.3, 0.4) is 0 Å². The Hall–Kier alpha value is -3.85. The highest BCUT2D eigenvalue weighted by atomic mass is 16.5. The van der Waals surface area contributed by atoms with Gasteiger partial charge in [-0.1, -0.05) is 23.8 Å². The van der Waals surface area contributed by atoms with Gasteiger partial charge in [-0.2, -0.15) is 0 Å². The van der Waals surface area contributed by atoms with Crippen LogP contribution < -0.4 is 10.1 Å². The first-order valence-electron chi connectivity index (χ1n) is 12.0. The number of carboxylic acid groups (broad SMARTS) is 1. The number of benzene rings is 2. The average molecular weight is 511 g/mol. The van der Waals surface area contributed by atoms with Crippen molar-refractivity contribution in [1.29, 1.82) is 0 Å². The Morgan fingerprint density at radius 1 is 1.14 bits per heavy atom. The van der Waals surface area contributed by atoms with Crippen LogP contribution in [-0.2, 0) is 40.5 Å². The Kier molecular flexibility index (Phi) is 9.30. The second-order valence-electron chi connectivity index (χ2n) is 9.20. The molecule has 0 fully saturated rings. The molecule has 0 radical (unpaired) electrons. The minimum Gasteiger partial charge on any atom is -0.497 e. The normalized spacial score (nSPS) is 12.7. The summed E-state index contributed by atoms with van der Waals surface area (Å²) in [6.45, 7) is 4.54. The predicted octanol–water partition coefficient (Wildman–Crippen LogP) is 4.84. The summed E-state index contributed by atoms with van der Waals surface area (Å²) in [6.07, 6.45) is 2.75. The zero-order chi connectivity index (χ0) is 27.1. The molecule has 9 nitrogen and oxygen atoms in total. The highest BCUT2D eigenvalue weighted by Gasteiger charge is 2.32. The number of nitrogens with zero attached hydrogens (tertiary/aromatic N) is 1. The average Bonchev–Trinajstić information content (AvgIpc) is 3.26. The van der Waals surface area contributed by atoms with E-state index in [4.69, 9.17) is 19.3 Å². The third kappa shape index (κ3) is 6.89. The van der Waals surface area contributed by atoms with Crippen molar-refractivity contribution in [2.75, 3.05) is 26.5 Å². The molecule has 3 rings (SSSR count). The van der Waals surface area contributed by atoms with E-state index in [0.717, 1.165) is 39.1 Å². The molecular weight excluding hydrogens is 476 g/mol. The molecule has 0 unspecified atom stereocenters. The van der Waals surface area contributed by atoms with E-state index >= 15 is 0 Å². The van der Waals surface area contributed by atoms with Crippen LogP contribution >= 0.6 is 0 Å². The molecule has 0 aromatic heterocycles. The van der Waals surface area contributed by atoms with Crippen molar-refractivity contribution < 1.29 is 33.7 Å². The summed E-state index contributed by atoms with van der Waals surface area (Å²) in [5, 5.41) is 11.9. The molecule has 198 valence electrons. The van der Waals surface area contributed by atoms with Crippen LogP contribution in [0, 0.1) is 6.92 Å². The van der Waals surface area contributed by atoms with E-state index in [2.05, 4.69) is 5.32 Å². The van der Waals surface area contributed by atoms with Gasteiger partial charge in [0, 0.05) is 26.1 Å². The third-order valence-corrected chi connectivity index (χ3v) is 6.38. The summed E-state index contributed by atoms with van der Waals surface area (Å²) >= 11 is 0. The largest absolute Gasteiger partial charge is 0.497 e. The molecule has 0 saturated heterocycles. The van der Waals surface area contributed by atoms with Crippen LogP contribution in [0.2, 0.25) is 0 Å². The number of rotatable bonds is 11. The smallest absolute Gasteiger partial charge is 0.341 e. The number of allylic oxidation sites excluding steroid dienone is 2. The Balaban J connectivity index is 2.00. The number of carbonyl (C=O) groups excluding carboxylic acids is 2. The number of hydrogen-bond donors (Lipinski definition) is 2. The van der Waals surface area contributed by atoms with Gasteiger partial charge in [0.25, 0.3) is 0 Å². The molecule has 1 heterocycles. The van der Waals surface area contributed by atoms with Crippen LogP contribution in [-0.4, -0.2) is 49.2 Å². The summed E-state index contributed by atoms with van der Waals surface area (Å²) in [6, 6.07) is 7.22. The zero-order valence-corrected chi connectivity index (χ0v) is 22.0. The first-order chi connectivity index (χ1) is 17.6. The number of urea groups is 1. The number of esters is 1. The summed E-state index contributed by atoms with van der Waals surface area (Å²) in [4.78, 5) is 37.8. The Morgan fingerprint density at radius 3 is 2.46 bits per heavy atom. The number of anilines is 1. The van der Waals surface area contributed by atoms with Gasteiger partial charge in [0.1, 0.15) is 12.4 Å². The zero-order valence-electron chi connectivity index (χ0n) is 22.0. The lowest BCUT2D eigenvalue weighted by molar-refractivity contribution is -0.136. The van der Waals surface area contributed by atoms with Gasteiger partial charge in [0.05, 0.1) is 31.6 Å². The van der Waals surface area contributed by atoms with E-state index in [1.807, 2.05) is 44.2 Å². The molecule has 0 spiro atoms. The Bertz CT molecular complexity index is 1200. The second kappa shape index (κ2) is 12.4. The van der Waals surface area contributed by atoms with Gasteiger partial charge < -0.3 is 29.5 Å². The minimum atomic E-state index is -0.865. The molecule has 2 aromatic carbocycles. The number of nitrogens with one attached hydrogen (secondary N) is 1. The van der Waals surface area contributed by atoms with Crippen molar-refractivity contribution in [1.82, 2.24) is 4.90 Å². The van der Waals surface area contributed by atoms with Crippen LogP contribution in [0.5, 0.6) is 5.75 Å². The maximum atomic E-state index is 12.7. The van der Waals surface area contributed by atoms with Crippen LogP contribution in [0.25, 0.3) is 0 Å². The number of aliphatic carboxylic acids is 1. The Labute approximate surface area is 217 Å². The minimum absolute atomic E-state index is 0.0277.